The lowest BCUT2D eigenvalue weighted by atomic mass is 10.1. The minimum absolute atomic E-state index is 0.00660. The zero-order chi connectivity index (χ0) is 24.0. The van der Waals surface area contributed by atoms with Gasteiger partial charge in [-0.1, -0.05) is 23.7 Å². The van der Waals surface area contributed by atoms with Crippen LogP contribution in [0.1, 0.15) is 15.9 Å². The average Bonchev–Trinajstić information content (AvgIpc) is 2.80. The van der Waals surface area contributed by atoms with E-state index in [2.05, 4.69) is 20.0 Å². The zero-order valence-corrected chi connectivity index (χ0v) is 18.6. The lowest BCUT2D eigenvalue weighted by molar-refractivity contribution is -0.384. The van der Waals surface area contributed by atoms with Crippen molar-refractivity contribution in [2.75, 3.05) is 17.3 Å². The summed E-state index contributed by atoms with van der Waals surface area (Å²) in [5, 5.41) is 15.9. The monoisotopic (exact) mass is 488 g/mol. The summed E-state index contributed by atoms with van der Waals surface area (Å²) in [6, 6.07) is 15.7. The fraction of sp³-hybridized carbons (Fsp3) is 0.0476. The molecule has 0 saturated heterocycles. The first kappa shape index (κ1) is 23.7. The quantitative estimate of drug-likeness (QED) is 0.208. The standard InChI is InChI=1S/C21H17ClN4O6S/c1-32-21(27)15-4-2-14(3-5-15)13-23-24-19-11-10-18(12-20(19)26(28)29)33(30,31)25-17-8-6-16(22)7-9-17/h2-13,24-25H,1H3. The number of rotatable bonds is 8. The number of ether oxygens (including phenoxy) is 1. The van der Waals surface area contributed by atoms with Gasteiger partial charge in [0, 0.05) is 16.8 Å². The lowest BCUT2D eigenvalue weighted by Crippen LogP contribution is -2.13. The van der Waals surface area contributed by atoms with E-state index in [1.54, 1.807) is 24.3 Å². The highest BCUT2D eigenvalue weighted by atomic mass is 35.5. The van der Waals surface area contributed by atoms with E-state index in [0.717, 1.165) is 6.07 Å². The number of esters is 1. The molecular formula is C21H17ClN4O6S. The smallest absolute Gasteiger partial charge is 0.337 e. The maximum absolute atomic E-state index is 12.6. The summed E-state index contributed by atoms with van der Waals surface area (Å²) >= 11 is 5.79. The van der Waals surface area contributed by atoms with Crippen LogP contribution in [-0.4, -0.2) is 32.6 Å². The third kappa shape index (κ3) is 6.05. The molecule has 33 heavy (non-hydrogen) atoms. The molecule has 12 heteroatoms. The number of nitro benzene ring substituents is 1. The molecule has 0 unspecified atom stereocenters. The summed E-state index contributed by atoms with van der Waals surface area (Å²) in [5.74, 6) is -0.479. The van der Waals surface area contributed by atoms with Gasteiger partial charge in [0.15, 0.2) is 0 Å². The molecule has 0 bridgehead atoms. The lowest BCUT2D eigenvalue weighted by Gasteiger charge is -2.09. The Kier molecular flexibility index (Phi) is 7.26. The first-order valence-electron chi connectivity index (χ1n) is 9.24. The van der Waals surface area contributed by atoms with Crippen LogP contribution in [0.15, 0.2) is 76.7 Å². The van der Waals surface area contributed by atoms with Crippen LogP contribution in [0.5, 0.6) is 0 Å². The SMILES string of the molecule is COC(=O)c1ccc(C=NNc2ccc(S(=O)(=O)Nc3ccc(Cl)cc3)cc2[N+](=O)[O-])cc1. The van der Waals surface area contributed by atoms with E-state index in [0.29, 0.717) is 16.1 Å². The number of nitrogens with zero attached hydrogens (tertiary/aromatic N) is 2. The molecule has 3 aromatic carbocycles. The molecule has 0 spiro atoms. The molecule has 0 fully saturated rings. The number of carbonyl (C=O) groups excluding carboxylic acids is 1. The molecule has 2 N–H and O–H groups in total. The zero-order valence-electron chi connectivity index (χ0n) is 17.1. The largest absolute Gasteiger partial charge is 0.465 e. The van der Waals surface area contributed by atoms with Gasteiger partial charge in [-0.15, -0.1) is 0 Å². The van der Waals surface area contributed by atoms with Gasteiger partial charge < -0.3 is 4.74 Å². The minimum atomic E-state index is -4.08. The molecule has 0 saturated carbocycles. The van der Waals surface area contributed by atoms with Crippen LogP contribution >= 0.6 is 11.6 Å². The van der Waals surface area contributed by atoms with Crippen LogP contribution in [0, 0.1) is 10.1 Å². The third-order valence-electron chi connectivity index (χ3n) is 4.30. The van der Waals surface area contributed by atoms with Crippen LogP contribution in [0.4, 0.5) is 17.1 Å². The number of carbonyl (C=O) groups is 1. The van der Waals surface area contributed by atoms with Crippen molar-refractivity contribution >= 4 is 50.9 Å². The van der Waals surface area contributed by atoms with E-state index in [1.807, 2.05) is 0 Å². The van der Waals surface area contributed by atoms with Gasteiger partial charge >= 0.3 is 5.97 Å². The number of nitro groups is 1. The molecule has 0 atom stereocenters. The summed E-state index contributed by atoms with van der Waals surface area (Å²) in [7, 11) is -2.80. The van der Waals surface area contributed by atoms with Crippen molar-refractivity contribution < 1.29 is 22.9 Å². The first-order valence-corrected chi connectivity index (χ1v) is 11.1. The van der Waals surface area contributed by atoms with Crippen LogP contribution < -0.4 is 10.1 Å². The topological polar surface area (TPSA) is 140 Å². The van der Waals surface area contributed by atoms with Gasteiger partial charge in [-0.05, 0) is 54.1 Å². The molecule has 3 aromatic rings. The van der Waals surface area contributed by atoms with Crippen molar-refractivity contribution in [3.05, 3.63) is 93.0 Å². The van der Waals surface area contributed by atoms with Crippen molar-refractivity contribution in [3.63, 3.8) is 0 Å². The highest BCUT2D eigenvalue weighted by molar-refractivity contribution is 7.92. The summed E-state index contributed by atoms with van der Waals surface area (Å²) < 4.78 is 32.2. The average molecular weight is 489 g/mol. The van der Waals surface area contributed by atoms with Gasteiger partial charge in [0.25, 0.3) is 15.7 Å². The van der Waals surface area contributed by atoms with Crippen LogP contribution in [-0.2, 0) is 14.8 Å². The number of methoxy groups -OCH3 is 1. The molecule has 170 valence electrons. The molecule has 10 nitrogen and oxygen atoms in total. The van der Waals surface area contributed by atoms with Crippen molar-refractivity contribution in [1.29, 1.82) is 0 Å². The van der Waals surface area contributed by atoms with Crippen LogP contribution in [0.2, 0.25) is 5.02 Å². The number of sulfonamides is 1. The van der Waals surface area contributed by atoms with E-state index < -0.39 is 26.6 Å². The summed E-state index contributed by atoms with van der Waals surface area (Å²) in [4.78, 5) is 21.9. The van der Waals surface area contributed by atoms with Crippen molar-refractivity contribution in [2.45, 2.75) is 4.90 Å². The van der Waals surface area contributed by atoms with Crippen molar-refractivity contribution in [1.82, 2.24) is 0 Å². The fourth-order valence-corrected chi connectivity index (χ4v) is 3.86. The Morgan fingerprint density at radius 3 is 2.36 bits per heavy atom. The maximum Gasteiger partial charge on any atom is 0.337 e. The minimum Gasteiger partial charge on any atom is -0.465 e. The Bertz CT molecular complexity index is 1310. The Balaban J connectivity index is 1.78. The number of hydrogen-bond donors (Lipinski definition) is 2. The molecule has 3 rings (SSSR count). The normalized spacial score (nSPS) is 11.2. The van der Waals surface area contributed by atoms with Gasteiger partial charge in [0.1, 0.15) is 5.69 Å². The summed E-state index contributed by atoms with van der Waals surface area (Å²) in [6.45, 7) is 0. The Morgan fingerprint density at radius 1 is 1.09 bits per heavy atom. The van der Waals surface area contributed by atoms with Gasteiger partial charge in [-0.3, -0.25) is 20.3 Å². The number of anilines is 2. The second kappa shape index (κ2) is 10.1. The van der Waals surface area contributed by atoms with Gasteiger partial charge in [0.05, 0.1) is 28.7 Å². The number of benzene rings is 3. The molecule has 0 aromatic heterocycles. The van der Waals surface area contributed by atoms with E-state index in [9.17, 15) is 23.3 Å². The molecule has 0 aliphatic heterocycles. The Hall–Kier alpha value is -3.96. The van der Waals surface area contributed by atoms with E-state index in [1.165, 1.54) is 49.7 Å². The number of hydrazone groups is 1. The first-order chi connectivity index (χ1) is 15.7. The van der Waals surface area contributed by atoms with E-state index in [4.69, 9.17) is 11.6 Å². The highest BCUT2D eigenvalue weighted by Gasteiger charge is 2.21. The number of hydrogen-bond acceptors (Lipinski definition) is 8. The van der Waals surface area contributed by atoms with E-state index in [-0.39, 0.29) is 16.3 Å². The van der Waals surface area contributed by atoms with Crippen molar-refractivity contribution in [3.8, 4) is 0 Å². The molecule has 0 heterocycles. The van der Waals surface area contributed by atoms with Crippen molar-refractivity contribution in [2.24, 2.45) is 5.10 Å². The number of nitrogens with one attached hydrogen (secondary N) is 2. The molecule has 0 radical (unpaired) electrons. The predicted molar refractivity (Wildman–Crippen MR) is 124 cm³/mol. The van der Waals surface area contributed by atoms with Crippen LogP contribution in [0.3, 0.4) is 0 Å². The Morgan fingerprint density at radius 2 is 1.76 bits per heavy atom. The Labute approximate surface area is 194 Å². The highest BCUT2D eigenvalue weighted by Crippen LogP contribution is 2.28. The second-order valence-electron chi connectivity index (χ2n) is 6.53. The van der Waals surface area contributed by atoms with Gasteiger partial charge in [0.2, 0.25) is 0 Å². The number of halogens is 1. The van der Waals surface area contributed by atoms with Gasteiger partial charge in [-0.2, -0.15) is 5.10 Å². The summed E-state index contributed by atoms with van der Waals surface area (Å²) in [6.07, 6.45) is 1.39. The van der Waals surface area contributed by atoms with E-state index >= 15 is 0 Å². The predicted octanol–water partition coefficient (Wildman–Crippen LogP) is 4.28. The van der Waals surface area contributed by atoms with Crippen LogP contribution in [0.25, 0.3) is 0 Å². The fourth-order valence-electron chi connectivity index (χ4n) is 2.66. The molecule has 0 aliphatic carbocycles. The summed E-state index contributed by atoms with van der Waals surface area (Å²) in [5.41, 5.74) is 3.28. The second-order valence-corrected chi connectivity index (χ2v) is 8.65. The third-order valence-corrected chi connectivity index (χ3v) is 5.93. The molecule has 0 aliphatic rings. The molecule has 0 amide bonds. The maximum atomic E-state index is 12.6. The van der Waals surface area contributed by atoms with Gasteiger partial charge in [-0.25, -0.2) is 13.2 Å². The molecular weight excluding hydrogens is 472 g/mol.